The van der Waals surface area contributed by atoms with E-state index >= 15 is 0 Å². The molecule has 0 spiro atoms. The minimum Gasteiger partial charge on any atom is -0.310 e. The zero-order chi connectivity index (χ0) is 14.5. The highest BCUT2D eigenvalue weighted by atomic mass is 15.3. The SMILES string of the molecule is CCC1CCCC(NCc2ccc(-n3cncn3)cc2)C1. The molecule has 0 saturated heterocycles. The van der Waals surface area contributed by atoms with E-state index in [1.807, 2.05) is 0 Å². The summed E-state index contributed by atoms with van der Waals surface area (Å²) in [4.78, 5) is 3.97. The van der Waals surface area contributed by atoms with E-state index in [1.54, 1.807) is 17.3 Å². The lowest BCUT2D eigenvalue weighted by molar-refractivity contribution is 0.278. The fourth-order valence-electron chi connectivity index (χ4n) is 3.22. The van der Waals surface area contributed by atoms with Crippen LogP contribution in [0.5, 0.6) is 0 Å². The highest BCUT2D eigenvalue weighted by Crippen LogP contribution is 2.26. The van der Waals surface area contributed by atoms with Gasteiger partial charge >= 0.3 is 0 Å². The van der Waals surface area contributed by atoms with Gasteiger partial charge in [0.1, 0.15) is 12.7 Å². The van der Waals surface area contributed by atoms with Gasteiger partial charge in [-0.3, -0.25) is 0 Å². The third-order valence-electron chi connectivity index (χ3n) is 4.57. The van der Waals surface area contributed by atoms with Crippen LogP contribution in [-0.2, 0) is 6.54 Å². The number of nitrogens with one attached hydrogen (secondary N) is 1. The molecule has 1 saturated carbocycles. The average Bonchev–Trinajstić information content (AvgIpc) is 3.08. The molecule has 1 aromatic heterocycles. The number of benzene rings is 1. The molecule has 0 bridgehead atoms. The molecule has 0 amide bonds. The smallest absolute Gasteiger partial charge is 0.138 e. The number of hydrogen-bond donors (Lipinski definition) is 1. The van der Waals surface area contributed by atoms with E-state index in [0.717, 1.165) is 18.2 Å². The topological polar surface area (TPSA) is 42.7 Å². The maximum Gasteiger partial charge on any atom is 0.138 e. The van der Waals surface area contributed by atoms with Gasteiger partial charge in [-0.05, 0) is 36.5 Å². The van der Waals surface area contributed by atoms with Crippen molar-refractivity contribution < 1.29 is 0 Å². The Morgan fingerprint density at radius 3 is 2.81 bits per heavy atom. The molecule has 0 aliphatic heterocycles. The molecule has 0 radical (unpaired) electrons. The van der Waals surface area contributed by atoms with Crippen LogP contribution in [0.4, 0.5) is 0 Å². The molecule has 4 nitrogen and oxygen atoms in total. The second kappa shape index (κ2) is 6.85. The summed E-state index contributed by atoms with van der Waals surface area (Å²) in [5, 5.41) is 7.86. The normalized spacial score (nSPS) is 22.3. The summed E-state index contributed by atoms with van der Waals surface area (Å²) in [5.41, 5.74) is 2.39. The molecule has 1 fully saturated rings. The number of hydrogen-bond acceptors (Lipinski definition) is 3. The van der Waals surface area contributed by atoms with Crippen molar-refractivity contribution in [2.45, 2.75) is 51.6 Å². The number of rotatable bonds is 5. The summed E-state index contributed by atoms with van der Waals surface area (Å²) in [6.07, 6.45) is 10.1. The summed E-state index contributed by atoms with van der Waals surface area (Å²) in [6, 6.07) is 9.23. The molecule has 2 unspecified atom stereocenters. The Bertz CT molecular complexity index is 532. The molecule has 2 aromatic rings. The summed E-state index contributed by atoms with van der Waals surface area (Å²) in [7, 11) is 0. The van der Waals surface area contributed by atoms with Crippen LogP contribution in [0.25, 0.3) is 5.69 Å². The van der Waals surface area contributed by atoms with Crippen LogP contribution in [0, 0.1) is 5.92 Å². The summed E-state index contributed by atoms with van der Waals surface area (Å²) < 4.78 is 1.78. The second-order valence-corrected chi connectivity index (χ2v) is 6.03. The van der Waals surface area contributed by atoms with Crippen molar-refractivity contribution in [3.8, 4) is 5.69 Å². The van der Waals surface area contributed by atoms with Gasteiger partial charge in [-0.25, -0.2) is 9.67 Å². The van der Waals surface area contributed by atoms with Gasteiger partial charge in [0.2, 0.25) is 0 Å². The van der Waals surface area contributed by atoms with E-state index in [9.17, 15) is 0 Å². The van der Waals surface area contributed by atoms with Gasteiger partial charge < -0.3 is 5.32 Å². The van der Waals surface area contributed by atoms with Gasteiger partial charge in [-0.15, -0.1) is 0 Å². The molecule has 3 rings (SSSR count). The molecule has 2 atom stereocenters. The van der Waals surface area contributed by atoms with Gasteiger partial charge in [0.25, 0.3) is 0 Å². The predicted molar refractivity (Wildman–Crippen MR) is 84.2 cm³/mol. The van der Waals surface area contributed by atoms with Crippen molar-refractivity contribution >= 4 is 0 Å². The summed E-state index contributed by atoms with van der Waals surface area (Å²) in [5.74, 6) is 0.922. The molecule has 1 N–H and O–H groups in total. The quantitative estimate of drug-likeness (QED) is 0.916. The molecule has 1 aliphatic carbocycles. The fraction of sp³-hybridized carbons (Fsp3) is 0.529. The molecule has 21 heavy (non-hydrogen) atoms. The Morgan fingerprint density at radius 2 is 2.10 bits per heavy atom. The van der Waals surface area contributed by atoms with Gasteiger partial charge in [-0.2, -0.15) is 5.10 Å². The minimum absolute atomic E-state index is 0.693. The predicted octanol–water partition coefficient (Wildman–Crippen LogP) is 3.33. The van der Waals surface area contributed by atoms with Crippen LogP contribution >= 0.6 is 0 Å². The van der Waals surface area contributed by atoms with Crippen LogP contribution in [0.3, 0.4) is 0 Å². The van der Waals surface area contributed by atoms with Gasteiger partial charge in [0, 0.05) is 12.6 Å². The molecule has 1 heterocycles. The zero-order valence-corrected chi connectivity index (χ0v) is 12.7. The minimum atomic E-state index is 0.693. The van der Waals surface area contributed by atoms with Crippen LogP contribution in [-0.4, -0.2) is 20.8 Å². The maximum atomic E-state index is 4.14. The van der Waals surface area contributed by atoms with Crippen LogP contribution in [0.1, 0.15) is 44.6 Å². The van der Waals surface area contributed by atoms with Gasteiger partial charge in [0.15, 0.2) is 0 Å². The van der Waals surface area contributed by atoms with Crippen molar-refractivity contribution in [1.82, 2.24) is 20.1 Å². The Kier molecular flexibility index (Phi) is 4.65. The van der Waals surface area contributed by atoms with E-state index in [2.05, 4.69) is 46.6 Å². The standard InChI is InChI=1S/C17H24N4/c1-2-14-4-3-5-16(10-14)19-11-15-6-8-17(9-7-15)21-13-18-12-20-21/h6-9,12-14,16,19H,2-5,10-11H2,1H3. The van der Waals surface area contributed by atoms with Crippen LogP contribution < -0.4 is 5.32 Å². The lowest BCUT2D eigenvalue weighted by Crippen LogP contribution is -2.33. The highest BCUT2D eigenvalue weighted by molar-refractivity contribution is 5.33. The molecular weight excluding hydrogens is 260 g/mol. The largest absolute Gasteiger partial charge is 0.310 e. The van der Waals surface area contributed by atoms with E-state index < -0.39 is 0 Å². The first-order valence-corrected chi connectivity index (χ1v) is 8.02. The molecular formula is C17H24N4. The molecule has 112 valence electrons. The van der Waals surface area contributed by atoms with Gasteiger partial charge in [0.05, 0.1) is 5.69 Å². The van der Waals surface area contributed by atoms with Crippen molar-refractivity contribution in [3.05, 3.63) is 42.5 Å². The van der Waals surface area contributed by atoms with Crippen LogP contribution in [0.2, 0.25) is 0 Å². The van der Waals surface area contributed by atoms with E-state index in [0.29, 0.717) is 6.04 Å². The van der Waals surface area contributed by atoms with Gasteiger partial charge in [-0.1, -0.05) is 38.3 Å². The van der Waals surface area contributed by atoms with Crippen LogP contribution in [0.15, 0.2) is 36.9 Å². The molecule has 1 aromatic carbocycles. The first-order valence-electron chi connectivity index (χ1n) is 8.02. The summed E-state index contributed by atoms with van der Waals surface area (Å²) in [6.45, 7) is 3.27. The fourth-order valence-corrected chi connectivity index (χ4v) is 3.22. The highest BCUT2D eigenvalue weighted by Gasteiger charge is 2.19. The Morgan fingerprint density at radius 1 is 1.24 bits per heavy atom. The van der Waals surface area contributed by atoms with E-state index in [1.165, 1.54) is 37.7 Å². The lowest BCUT2D eigenvalue weighted by Gasteiger charge is -2.29. The monoisotopic (exact) mass is 284 g/mol. The van der Waals surface area contributed by atoms with E-state index in [-0.39, 0.29) is 0 Å². The molecule has 4 heteroatoms. The second-order valence-electron chi connectivity index (χ2n) is 6.03. The first-order chi connectivity index (χ1) is 10.3. The Labute approximate surface area is 126 Å². The van der Waals surface area contributed by atoms with Crippen molar-refractivity contribution in [2.75, 3.05) is 0 Å². The first kappa shape index (κ1) is 14.3. The number of nitrogens with zero attached hydrogens (tertiary/aromatic N) is 3. The third-order valence-corrected chi connectivity index (χ3v) is 4.57. The van der Waals surface area contributed by atoms with Crippen molar-refractivity contribution in [3.63, 3.8) is 0 Å². The lowest BCUT2D eigenvalue weighted by atomic mass is 9.84. The Balaban J connectivity index is 1.53. The van der Waals surface area contributed by atoms with E-state index in [4.69, 9.17) is 0 Å². The average molecular weight is 284 g/mol. The third kappa shape index (κ3) is 3.70. The van der Waals surface area contributed by atoms with Crippen molar-refractivity contribution in [1.29, 1.82) is 0 Å². The van der Waals surface area contributed by atoms with Crippen molar-refractivity contribution in [2.24, 2.45) is 5.92 Å². The summed E-state index contributed by atoms with van der Waals surface area (Å²) >= 11 is 0. The zero-order valence-electron chi connectivity index (χ0n) is 12.7. The Hall–Kier alpha value is -1.68. The number of aromatic nitrogens is 3. The molecule has 1 aliphatic rings. The maximum absolute atomic E-state index is 4.14.